The van der Waals surface area contributed by atoms with Crippen molar-refractivity contribution in [3.8, 4) is 0 Å². The maximum absolute atomic E-state index is 11.9. The van der Waals surface area contributed by atoms with Gasteiger partial charge in [-0.3, -0.25) is 4.79 Å². The molecule has 1 aromatic rings. The first-order chi connectivity index (χ1) is 8.04. The number of likely N-dealkylation sites (N-methyl/N-ethyl adjacent to an activating group) is 1. The third kappa shape index (κ3) is 4.36. The Hall–Kier alpha value is -1.06. The van der Waals surface area contributed by atoms with Crippen LogP contribution in [0.2, 0.25) is 5.02 Å². The molecule has 1 aromatic carbocycles. The molecule has 0 radical (unpaired) electrons. The molecule has 4 heteroatoms. The van der Waals surface area contributed by atoms with Crippen molar-refractivity contribution >= 4 is 23.2 Å². The highest BCUT2D eigenvalue weighted by Crippen LogP contribution is 2.20. The van der Waals surface area contributed by atoms with E-state index >= 15 is 0 Å². The second-order valence-electron chi connectivity index (χ2n) is 4.18. The normalized spacial score (nSPS) is 10.6. The van der Waals surface area contributed by atoms with Crippen molar-refractivity contribution < 1.29 is 4.79 Å². The fourth-order valence-electron chi connectivity index (χ4n) is 1.53. The number of hydrogen-bond acceptors (Lipinski definition) is 2. The van der Waals surface area contributed by atoms with Gasteiger partial charge in [0.25, 0.3) is 0 Å². The molecule has 0 heterocycles. The Labute approximate surface area is 108 Å². The highest BCUT2D eigenvalue weighted by atomic mass is 35.5. The van der Waals surface area contributed by atoms with Gasteiger partial charge in [0.05, 0.1) is 0 Å². The summed E-state index contributed by atoms with van der Waals surface area (Å²) in [5.74, 6) is 0.120. The lowest BCUT2D eigenvalue weighted by Crippen LogP contribution is -2.36. The zero-order chi connectivity index (χ0) is 12.8. The van der Waals surface area contributed by atoms with Gasteiger partial charge in [0.1, 0.15) is 0 Å². The van der Waals surface area contributed by atoms with E-state index in [1.54, 1.807) is 4.90 Å². The summed E-state index contributed by atoms with van der Waals surface area (Å²) in [5.41, 5.74) is 0.867. The third-order valence-electron chi connectivity index (χ3n) is 2.49. The molecule has 1 rings (SSSR count). The van der Waals surface area contributed by atoms with Gasteiger partial charge < -0.3 is 9.80 Å². The minimum absolute atomic E-state index is 0.120. The minimum Gasteiger partial charge on any atom is -0.311 e. The van der Waals surface area contributed by atoms with Crippen LogP contribution >= 0.6 is 11.6 Å². The van der Waals surface area contributed by atoms with Gasteiger partial charge in [-0.15, -0.1) is 0 Å². The largest absolute Gasteiger partial charge is 0.311 e. The van der Waals surface area contributed by atoms with Gasteiger partial charge in [0.2, 0.25) is 5.91 Å². The lowest BCUT2D eigenvalue weighted by atomic mass is 10.2. The highest BCUT2D eigenvalue weighted by Gasteiger charge is 2.13. The maximum atomic E-state index is 11.9. The van der Waals surface area contributed by atoms with Crippen LogP contribution in [-0.2, 0) is 4.79 Å². The Morgan fingerprint density at radius 3 is 2.53 bits per heavy atom. The molecule has 0 aliphatic carbocycles. The summed E-state index contributed by atoms with van der Waals surface area (Å²) in [5, 5.41) is 0.654. The molecule has 0 saturated heterocycles. The fourth-order valence-corrected chi connectivity index (χ4v) is 1.72. The molecular weight excluding hydrogens is 236 g/mol. The van der Waals surface area contributed by atoms with Crippen LogP contribution in [0.3, 0.4) is 0 Å². The summed E-state index contributed by atoms with van der Waals surface area (Å²) in [4.78, 5) is 15.7. The fraction of sp³-hybridized carbons (Fsp3) is 0.462. The average Bonchev–Trinajstić information content (AvgIpc) is 2.28. The molecule has 17 heavy (non-hydrogen) atoms. The Morgan fingerprint density at radius 2 is 2.00 bits per heavy atom. The molecule has 0 N–H and O–H groups in total. The first-order valence-electron chi connectivity index (χ1n) is 5.75. The van der Waals surface area contributed by atoms with Crippen LogP contribution in [0.4, 0.5) is 5.69 Å². The van der Waals surface area contributed by atoms with Gasteiger partial charge in [-0.05, 0) is 32.3 Å². The molecule has 0 aliphatic heterocycles. The molecule has 0 bridgehead atoms. The lowest BCUT2D eigenvalue weighted by Gasteiger charge is -2.24. The van der Waals surface area contributed by atoms with Gasteiger partial charge in [0, 0.05) is 30.2 Å². The summed E-state index contributed by atoms with van der Waals surface area (Å²) >= 11 is 5.95. The van der Waals surface area contributed by atoms with Crippen molar-refractivity contribution in [1.29, 1.82) is 0 Å². The summed E-state index contributed by atoms with van der Waals surface area (Å²) in [6, 6.07) is 7.41. The smallest absolute Gasteiger partial charge is 0.226 e. The Bertz CT molecular complexity index is 379. The van der Waals surface area contributed by atoms with Crippen molar-refractivity contribution in [3.63, 3.8) is 0 Å². The van der Waals surface area contributed by atoms with Crippen LogP contribution in [0.15, 0.2) is 24.3 Å². The van der Waals surface area contributed by atoms with E-state index in [4.69, 9.17) is 11.6 Å². The molecule has 0 saturated carbocycles. The second kappa shape index (κ2) is 6.62. The van der Waals surface area contributed by atoms with E-state index in [0.717, 1.165) is 12.2 Å². The first kappa shape index (κ1) is 14.0. The number of benzene rings is 1. The molecular formula is C13H19ClN2O. The van der Waals surface area contributed by atoms with Crippen molar-refractivity contribution in [2.75, 3.05) is 32.1 Å². The Kier molecular flexibility index (Phi) is 5.45. The van der Waals surface area contributed by atoms with Crippen molar-refractivity contribution in [2.24, 2.45) is 0 Å². The zero-order valence-electron chi connectivity index (χ0n) is 10.6. The summed E-state index contributed by atoms with van der Waals surface area (Å²) in [7, 11) is 3.99. The molecule has 0 atom stereocenters. The van der Waals surface area contributed by atoms with E-state index in [2.05, 4.69) is 4.90 Å². The third-order valence-corrected chi connectivity index (χ3v) is 2.73. The standard InChI is InChI=1S/C13H19ClN2O/c1-4-13(17)16(9-8-15(2)3)12-7-5-6-11(14)10-12/h5-7,10H,4,8-9H2,1-3H3. The van der Waals surface area contributed by atoms with Crippen molar-refractivity contribution in [1.82, 2.24) is 4.90 Å². The molecule has 0 unspecified atom stereocenters. The summed E-state index contributed by atoms with van der Waals surface area (Å²) in [6.07, 6.45) is 0.500. The number of anilines is 1. The molecule has 94 valence electrons. The van der Waals surface area contributed by atoms with Crippen LogP contribution in [0.25, 0.3) is 0 Å². The van der Waals surface area contributed by atoms with E-state index in [0.29, 0.717) is 18.0 Å². The topological polar surface area (TPSA) is 23.6 Å². The number of carbonyl (C=O) groups is 1. The number of amides is 1. The number of halogens is 1. The van der Waals surface area contributed by atoms with E-state index in [1.165, 1.54) is 0 Å². The van der Waals surface area contributed by atoms with E-state index in [9.17, 15) is 4.79 Å². The zero-order valence-corrected chi connectivity index (χ0v) is 11.4. The minimum atomic E-state index is 0.120. The predicted molar refractivity (Wildman–Crippen MR) is 72.7 cm³/mol. The molecule has 0 aliphatic rings. The summed E-state index contributed by atoms with van der Waals surface area (Å²) < 4.78 is 0. The SMILES string of the molecule is CCC(=O)N(CCN(C)C)c1cccc(Cl)c1. The van der Waals surface area contributed by atoms with Gasteiger partial charge in [-0.25, -0.2) is 0 Å². The van der Waals surface area contributed by atoms with E-state index in [1.807, 2.05) is 45.3 Å². The van der Waals surface area contributed by atoms with Gasteiger partial charge >= 0.3 is 0 Å². The Morgan fingerprint density at radius 1 is 1.29 bits per heavy atom. The monoisotopic (exact) mass is 254 g/mol. The Balaban J connectivity index is 2.86. The number of nitrogens with zero attached hydrogens (tertiary/aromatic N) is 2. The molecule has 0 spiro atoms. The second-order valence-corrected chi connectivity index (χ2v) is 4.62. The number of rotatable bonds is 5. The van der Waals surface area contributed by atoms with Crippen LogP contribution in [0, 0.1) is 0 Å². The first-order valence-corrected chi connectivity index (χ1v) is 6.13. The molecule has 1 amide bonds. The van der Waals surface area contributed by atoms with Gasteiger partial charge in [-0.1, -0.05) is 24.6 Å². The van der Waals surface area contributed by atoms with Crippen LogP contribution < -0.4 is 4.90 Å². The van der Waals surface area contributed by atoms with Crippen LogP contribution in [0.5, 0.6) is 0 Å². The quantitative estimate of drug-likeness (QED) is 0.807. The van der Waals surface area contributed by atoms with E-state index in [-0.39, 0.29) is 5.91 Å². The van der Waals surface area contributed by atoms with Gasteiger partial charge in [0.15, 0.2) is 0 Å². The summed E-state index contributed by atoms with van der Waals surface area (Å²) in [6.45, 7) is 3.38. The van der Waals surface area contributed by atoms with Crippen molar-refractivity contribution in [2.45, 2.75) is 13.3 Å². The highest BCUT2D eigenvalue weighted by molar-refractivity contribution is 6.30. The number of carbonyl (C=O) groups excluding carboxylic acids is 1. The van der Waals surface area contributed by atoms with Crippen LogP contribution in [-0.4, -0.2) is 38.0 Å². The number of hydrogen-bond donors (Lipinski definition) is 0. The van der Waals surface area contributed by atoms with E-state index < -0.39 is 0 Å². The maximum Gasteiger partial charge on any atom is 0.226 e. The molecule has 0 fully saturated rings. The van der Waals surface area contributed by atoms with Crippen molar-refractivity contribution in [3.05, 3.63) is 29.3 Å². The lowest BCUT2D eigenvalue weighted by molar-refractivity contribution is -0.118. The van der Waals surface area contributed by atoms with Crippen LogP contribution in [0.1, 0.15) is 13.3 Å². The average molecular weight is 255 g/mol. The van der Waals surface area contributed by atoms with Gasteiger partial charge in [-0.2, -0.15) is 0 Å². The predicted octanol–water partition coefficient (Wildman–Crippen LogP) is 2.64. The molecule has 3 nitrogen and oxygen atoms in total. The molecule has 0 aromatic heterocycles.